The Kier molecular flexibility index (Phi) is 15.9. The van der Waals surface area contributed by atoms with Gasteiger partial charge in [-0.15, -0.1) is 0 Å². The highest BCUT2D eigenvalue weighted by molar-refractivity contribution is 6.32. The van der Waals surface area contributed by atoms with E-state index < -0.39 is 23.5 Å². The van der Waals surface area contributed by atoms with E-state index in [1.165, 1.54) is 13.2 Å². The van der Waals surface area contributed by atoms with Gasteiger partial charge in [0.25, 0.3) is 0 Å². The molecule has 246 valence electrons. The average molecular weight is 641 g/mol. The van der Waals surface area contributed by atoms with Crippen molar-refractivity contribution in [2.24, 2.45) is 17.3 Å². The van der Waals surface area contributed by atoms with Crippen LogP contribution in [0.5, 0.6) is 5.75 Å². The largest absolute Gasteiger partial charge is 0.495 e. The summed E-state index contributed by atoms with van der Waals surface area (Å²) in [6, 6.07) is 14.5. The predicted molar refractivity (Wildman–Crippen MR) is 180 cm³/mol. The van der Waals surface area contributed by atoms with Crippen LogP contribution in [0.1, 0.15) is 65.0 Å². The number of hydrogen-bond acceptors (Lipinski definition) is 5. The van der Waals surface area contributed by atoms with Gasteiger partial charge in [-0.1, -0.05) is 101 Å². The molecule has 3 N–H and O–H groups in total. The van der Waals surface area contributed by atoms with Crippen molar-refractivity contribution in [3.8, 4) is 5.75 Å². The highest BCUT2D eigenvalue weighted by Gasteiger charge is 2.28. The van der Waals surface area contributed by atoms with Crippen LogP contribution in [0.25, 0.3) is 6.08 Å². The minimum atomic E-state index is -1.00. The number of amides is 2. The fourth-order valence-corrected chi connectivity index (χ4v) is 4.76. The Morgan fingerprint density at radius 2 is 1.78 bits per heavy atom. The first-order valence-corrected chi connectivity index (χ1v) is 15.8. The maximum Gasteiger partial charge on any atom is 0.332 e. The smallest absolute Gasteiger partial charge is 0.332 e. The van der Waals surface area contributed by atoms with Gasteiger partial charge < -0.3 is 25.2 Å². The van der Waals surface area contributed by atoms with Crippen LogP contribution in [-0.2, 0) is 25.5 Å². The molecule has 9 heteroatoms. The zero-order chi connectivity index (χ0) is 33.4. The van der Waals surface area contributed by atoms with Crippen molar-refractivity contribution < 1.29 is 29.0 Å². The van der Waals surface area contributed by atoms with Crippen molar-refractivity contribution in [3.63, 3.8) is 0 Å². The van der Waals surface area contributed by atoms with Crippen LogP contribution in [0, 0.1) is 17.3 Å². The second-order valence-corrected chi connectivity index (χ2v) is 13.0. The van der Waals surface area contributed by atoms with E-state index in [1.807, 2.05) is 52.0 Å². The molecule has 2 amide bonds. The molecule has 0 bridgehead atoms. The van der Waals surface area contributed by atoms with Crippen LogP contribution < -0.4 is 15.4 Å². The molecule has 0 heterocycles. The number of benzene rings is 2. The summed E-state index contributed by atoms with van der Waals surface area (Å²) in [4.78, 5) is 37.9. The molecule has 0 spiro atoms. The summed E-state index contributed by atoms with van der Waals surface area (Å²) in [6.07, 6.45) is 8.81. The SMILES string of the molecule is COc1ccc(CC(NC(=O)/C=C/CC[C@H](C)/C=C/c2ccccc2)C(=O)NCC(C)(C)CO[C@@H](CC(C)C)C(=O)O)cc1Cl. The van der Waals surface area contributed by atoms with Crippen LogP contribution in [0.3, 0.4) is 0 Å². The van der Waals surface area contributed by atoms with Crippen molar-refractivity contribution in [1.82, 2.24) is 10.6 Å². The zero-order valence-electron chi connectivity index (χ0n) is 27.3. The Morgan fingerprint density at radius 1 is 1.07 bits per heavy atom. The van der Waals surface area contributed by atoms with E-state index in [2.05, 4.69) is 41.8 Å². The lowest BCUT2D eigenvalue weighted by atomic mass is 9.94. The number of methoxy groups -OCH3 is 1. The summed E-state index contributed by atoms with van der Waals surface area (Å²) in [6.45, 7) is 10.1. The third-order valence-corrected chi connectivity index (χ3v) is 7.44. The zero-order valence-corrected chi connectivity index (χ0v) is 28.1. The second kappa shape index (κ2) is 19.0. The lowest BCUT2D eigenvalue weighted by Crippen LogP contribution is -2.50. The van der Waals surface area contributed by atoms with Crippen LogP contribution in [0.4, 0.5) is 0 Å². The van der Waals surface area contributed by atoms with E-state index in [1.54, 1.807) is 18.2 Å². The number of allylic oxidation sites excluding steroid dienone is 2. The highest BCUT2D eigenvalue weighted by Crippen LogP contribution is 2.25. The van der Waals surface area contributed by atoms with Crippen molar-refractivity contribution >= 4 is 35.5 Å². The number of carboxylic acid groups (broad SMARTS) is 1. The monoisotopic (exact) mass is 640 g/mol. The summed E-state index contributed by atoms with van der Waals surface area (Å²) >= 11 is 6.32. The summed E-state index contributed by atoms with van der Waals surface area (Å²) in [5, 5.41) is 15.7. The summed E-state index contributed by atoms with van der Waals surface area (Å²) < 4.78 is 11.0. The van der Waals surface area contributed by atoms with Crippen LogP contribution >= 0.6 is 11.6 Å². The maximum atomic E-state index is 13.4. The van der Waals surface area contributed by atoms with E-state index >= 15 is 0 Å². The molecule has 0 aliphatic carbocycles. The third kappa shape index (κ3) is 14.8. The van der Waals surface area contributed by atoms with Gasteiger partial charge in [0.05, 0.1) is 18.7 Å². The molecular weight excluding hydrogens is 592 g/mol. The molecule has 2 aromatic rings. The van der Waals surface area contributed by atoms with Gasteiger partial charge in [0.2, 0.25) is 11.8 Å². The molecule has 2 aromatic carbocycles. The number of aliphatic carboxylic acids is 1. The molecule has 0 saturated heterocycles. The average Bonchev–Trinajstić information content (AvgIpc) is 2.99. The van der Waals surface area contributed by atoms with Crippen molar-refractivity contribution in [3.05, 3.63) is 82.9 Å². The van der Waals surface area contributed by atoms with Gasteiger partial charge in [-0.05, 0) is 60.4 Å². The molecule has 0 saturated carbocycles. The molecule has 1 unspecified atom stereocenters. The minimum Gasteiger partial charge on any atom is -0.495 e. The molecule has 0 aliphatic rings. The topological polar surface area (TPSA) is 114 Å². The normalized spacial score (nSPS) is 14.0. The van der Waals surface area contributed by atoms with E-state index in [-0.39, 0.29) is 37.3 Å². The van der Waals surface area contributed by atoms with Crippen molar-refractivity contribution in [1.29, 1.82) is 0 Å². The Morgan fingerprint density at radius 3 is 2.40 bits per heavy atom. The number of rotatable bonds is 19. The Bertz CT molecular complexity index is 1290. The van der Waals surface area contributed by atoms with Crippen LogP contribution in [0.2, 0.25) is 5.02 Å². The Labute approximate surface area is 273 Å². The summed E-state index contributed by atoms with van der Waals surface area (Å²) in [5.41, 5.74) is 1.35. The van der Waals surface area contributed by atoms with Gasteiger partial charge in [-0.3, -0.25) is 9.59 Å². The Balaban J connectivity index is 2.02. The van der Waals surface area contributed by atoms with Gasteiger partial charge in [0.1, 0.15) is 11.8 Å². The first kappa shape index (κ1) is 37.6. The molecule has 0 fully saturated rings. The molecule has 45 heavy (non-hydrogen) atoms. The molecular formula is C36H49ClN2O6. The van der Waals surface area contributed by atoms with E-state index in [9.17, 15) is 19.5 Å². The highest BCUT2D eigenvalue weighted by atomic mass is 35.5. The molecule has 0 aromatic heterocycles. The summed E-state index contributed by atoms with van der Waals surface area (Å²) in [7, 11) is 1.52. The fourth-order valence-electron chi connectivity index (χ4n) is 4.48. The minimum absolute atomic E-state index is 0.143. The number of halogens is 1. The van der Waals surface area contributed by atoms with Crippen LogP contribution in [0.15, 0.2) is 66.8 Å². The first-order valence-electron chi connectivity index (χ1n) is 15.4. The second-order valence-electron chi connectivity index (χ2n) is 12.6. The molecule has 2 rings (SSSR count). The van der Waals surface area contributed by atoms with Gasteiger partial charge in [-0.25, -0.2) is 4.79 Å². The van der Waals surface area contributed by atoms with Crippen molar-refractivity contribution in [2.75, 3.05) is 20.3 Å². The molecule has 0 aliphatic heterocycles. The lowest BCUT2D eigenvalue weighted by Gasteiger charge is -2.28. The number of ether oxygens (including phenoxy) is 2. The Hall–Kier alpha value is -3.62. The quantitative estimate of drug-likeness (QED) is 0.147. The van der Waals surface area contributed by atoms with Gasteiger partial charge in [0, 0.05) is 18.4 Å². The number of carbonyl (C=O) groups excluding carboxylic acids is 2. The van der Waals surface area contributed by atoms with E-state index in [0.29, 0.717) is 29.5 Å². The van der Waals surface area contributed by atoms with E-state index in [4.69, 9.17) is 21.1 Å². The number of nitrogens with one attached hydrogen (secondary N) is 2. The fraction of sp³-hybridized carbons (Fsp3) is 0.472. The molecule has 3 atom stereocenters. The lowest BCUT2D eigenvalue weighted by molar-refractivity contribution is -0.153. The van der Waals surface area contributed by atoms with Gasteiger partial charge in [-0.2, -0.15) is 0 Å². The molecule has 0 radical (unpaired) electrons. The van der Waals surface area contributed by atoms with E-state index in [0.717, 1.165) is 17.5 Å². The number of hydrogen-bond donors (Lipinski definition) is 3. The number of carbonyl (C=O) groups is 3. The number of carboxylic acids is 1. The third-order valence-electron chi connectivity index (χ3n) is 7.14. The predicted octanol–water partition coefficient (Wildman–Crippen LogP) is 6.72. The maximum absolute atomic E-state index is 13.4. The van der Waals surface area contributed by atoms with Crippen LogP contribution in [-0.4, -0.2) is 55.3 Å². The van der Waals surface area contributed by atoms with Crippen molar-refractivity contribution in [2.45, 2.75) is 72.4 Å². The van der Waals surface area contributed by atoms with Gasteiger partial charge in [0.15, 0.2) is 6.10 Å². The van der Waals surface area contributed by atoms with Gasteiger partial charge >= 0.3 is 5.97 Å². The first-order chi connectivity index (χ1) is 21.3. The standard InChI is InChI=1S/C36H49ClN2O6/c1-25(2)20-32(35(42)43)45-24-36(4,5)23-38-34(41)30(22-28-18-19-31(44-6)29(37)21-28)39-33(40)15-11-10-12-26(3)16-17-27-13-8-7-9-14-27/h7-9,11,13-19,21,25-26,30,32H,10,12,20,22-24H2,1-6H3,(H,38,41)(H,39,40)(H,42,43)/b15-11+,17-16+/t26-,30?,32-/m0/s1. The molecule has 8 nitrogen and oxygen atoms in total. The summed E-state index contributed by atoms with van der Waals surface area (Å²) in [5.74, 6) is -0.731.